The van der Waals surface area contributed by atoms with Crippen LogP contribution in [0.4, 0.5) is 4.79 Å². The van der Waals surface area contributed by atoms with Gasteiger partial charge >= 0.3 is 6.03 Å². The van der Waals surface area contributed by atoms with E-state index >= 15 is 0 Å². The molecule has 3 N–H and O–H groups in total. The second-order valence-electron chi connectivity index (χ2n) is 7.58. The molecule has 2 aromatic rings. The van der Waals surface area contributed by atoms with Crippen molar-refractivity contribution in [3.05, 3.63) is 42.5 Å². The highest BCUT2D eigenvalue weighted by atomic mass is 32.2. The molecule has 0 radical (unpaired) electrons. The first-order valence-corrected chi connectivity index (χ1v) is 11.3. The van der Waals surface area contributed by atoms with Gasteiger partial charge in [-0.15, -0.1) is 0 Å². The Balaban J connectivity index is 1.08. The smallest absolute Gasteiger partial charge is 0.315 e. The number of amides is 3. The average molecular weight is 414 g/mol. The number of benzene rings is 2. The van der Waals surface area contributed by atoms with Gasteiger partial charge in [0, 0.05) is 17.4 Å². The second-order valence-corrected chi connectivity index (χ2v) is 8.85. The van der Waals surface area contributed by atoms with Crippen LogP contribution in [0.25, 0.3) is 10.8 Å². The third kappa shape index (κ3) is 5.15. The lowest BCUT2D eigenvalue weighted by atomic mass is 10.0. The predicted molar refractivity (Wildman–Crippen MR) is 116 cm³/mol. The Morgan fingerprint density at radius 3 is 2.90 bits per heavy atom. The van der Waals surface area contributed by atoms with Crippen molar-refractivity contribution in [2.24, 2.45) is 0 Å². The monoisotopic (exact) mass is 413 g/mol. The summed E-state index contributed by atoms with van der Waals surface area (Å²) in [6, 6.07) is 14.6. The average Bonchev–Trinajstić information content (AvgIpc) is 3.28. The van der Waals surface area contributed by atoms with Crippen LogP contribution in [0.2, 0.25) is 0 Å². The van der Waals surface area contributed by atoms with Crippen LogP contribution in [0, 0.1) is 0 Å². The van der Waals surface area contributed by atoms with Crippen LogP contribution in [0.3, 0.4) is 0 Å². The number of hydrogen-bond donors (Lipinski definition) is 3. The van der Waals surface area contributed by atoms with E-state index in [9.17, 15) is 9.59 Å². The normalized spacial score (nSPS) is 22.8. The van der Waals surface area contributed by atoms with Crippen LogP contribution in [0.1, 0.15) is 25.7 Å². The number of ether oxygens (including phenoxy) is 1. The summed E-state index contributed by atoms with van der Waals surface area (Å²) in [5.41, 5.74) is 0. The molecule has 154 valence electrons. The molecule has 3 amide bonds. The first-order chi connectivity index (χ1) is 14.2. The summed E-state index contributed by atoms with van der Waals surface area (Å²) in [7, 11) is 0. The van der Waals surface area contributed by atoms with E-state index in [2.05, 4.69) is 28.1 Å². The quantitative estimate of drug-likeness (QED) is 0.436. The van der Waals surface area contributed by atoms with Gasteiger partial charge in [-0.1, -0.05) is 36.8 Å². The van der Waals surface area contributed by atoms with Gasteiger partial charge in [-0.25, -0.2) is 4.79 Å². The molecule has 3 unspecified atom stereocenters. The summed E-state index contributed by atoms with van der Waals surface area (Å²) < 4.78 is 5.75. The maximum absolute atomic E-state index is 12.0. The third-order valence-corrected chi connectivity index (χ3v) is 7.00. The molecule has 2 aliphatic rings. The van der Waals surface area contributed by atoms with E-state index in [-0.39, 0.29) is 24.0 Å². The SMILES string of the molecule is O=C(CCCCC1SCC2NC(=O)NC21)NCCOc1ccc2ccccc2c1. The molecule has 29 heavy (non-hydrogen) atoms. The van der Waals surface area contributed by atoms with E-state index in [4.69, 9.17) is 4.74 Å². The van der Waals surface area contributed by atoms with Crippen molar-refractivity contribution in [2.75, 3.05) is 18.9 Å². The van der Waals surface area contributed by atoms with E-state index < -0.39 is 0 Å². The van der Waals surface area contributed by atoms with E-state index in [1.807, 2.05) is 42.1 Å². The van der Waals surface area contributed by atoms with E-state index in [1.165, 1.54) is 5.39 Å². The molecule has 7 heteroatoms. The summed E-state index contributed by atoms with van der Waals surface area (Å²) in [5.74, 6) is 1.87. The number of carbonyl (C=O) groups is 2. The highest BCUT2D eigenvalue weighted by Gasteiger charge is 2.42. The van der Waals surface area contributed by atoms with Gasteiger partial charge in [0.2, 0.25) is 5.91 Å². The molecule has 2 fully saturated rings. The summed E-state index contributed by atoms with van der Waals surface area (Å²) in [6.07, 6.45) is 3.43. The largest absolute Gasteiger partial charge is 0.492 e. The Kier molecular flexibility index (Phi) is 6.44. The molecule has 3 atom stereocenters. The zero-order valence-electron chi connectivity index (χ0n) is 16.4. The number of carbonyl (C=O) groups excluding carboxylic acids is 2. The lowest BCUT2D eigenvalue weighted by Gasteiger charge is -2.16. The summed E-state index contributed by atoms with van der Waals surface area (Å²) in [4.78, 5) is 23.4. The van der Waals surface area contributed by atoms with Crippen molar-refractivity contribution in [1.29, 1.82) is 0 Å². The summed E-state index contributed by atoms with van der Waals surface area (Å²) >= 11 is 1.92. The fourth-order valence-electron chi connectivity index (χ4n) is 3.98. The number of unbranched alkanes of at least 4 members (excludes halogenated alkanes) is 1. The molecular formula is C22H27N3O3S. The minimum absolute atomic E-state index is 0.0458. The minimum atomic E-state index is -0.0458. The maximum atomic E-state index is 12.0. The number of urea groups is 1. The molecule has 2 aliphatic heterocycles. The van der Waals surface area contributed by atoms with E-state index in [1.54, 1.807) is 0 Å². The third-order valence-electron chi connectivity index (χ3n) is 5.49. The van der Waals surface area contributed by atoms with Gasteiger partial charge in [0.15, 0.2) is 0 Å². The Hall–Kier alpha value is -2.41. The van der Waals surface area contributed by atoms with Crippen molar-refractivity contribution in [2.45, 2.75) is 43.0 Å². The van der Waals surface area contributed by atoms with Crippen molar-refractivity contribution in [3.8, 4) is 5.75 Å². The van der Waals surface area contributed by atoms with Gasteiger partial charge in [-0.3, -0.25) is 4.79 Å². The van der Waals surface area contributed by atoms with Gasteiger partial charge in [0.1, 0.15) is 12.4 Å². The molecule has 0 aromatic heterocycles. The van der Waals surface area contributed by atoms with Crippen molar-refractivity contribution >= 4 is 34.5 Å². The molecule has 2 aromatic carbocycles. The molecule has 6 nitrogen and oxygen atoms in total. The van der Waals surface area contributed by atoms with Crippen molar-refractivity contribution < 1.29 is 14.3 Å². The fraction of sp³-hybridized carbons (Fsp3) is 0.455. The minimum Gasteiger partial charge on any atom is -0.492 e. The predicted octanol–water partition coefficient (Wildman–Crippen LogP) is 3.06. The zero-order valence-corrected chi connectivity index (χ0v) is 17.2. The molecule has 0 spiro atoms. The molecular weight excluding hydrogens is 386 g/mol. The Labute approximate surface area is 175 Å². The Morgan fingerprint density at radius 1 is 1.14 bits per heavy atom. The van der Waals surface area contributed by atoms with Gasteiger partial charge in [-0.2, -0.15) is 11.8 Å². The van der Waals surface area contributed by atoms with Crippen LogP contribution in [0.5, 0.6) is 5.75 Å². The molecule has 2 saturated heterocycles. The zero-order chi connectivity index (χ0) is 20.1. The lowest BCUT2D eigenvalue weighted by molar-refractivity contribution is -0.121. The van der Waals surface area contributed by atoms with Gasteiger partial charge in [0.05, 0.1) is 18.6 Å². The topological polar surface area (TPSA) is 79.5 Å². The van der Waals surface area contributed by atoms with Gasteiger partial charge in [-0.05, 0) is 35.7 Å². The number of hydrogen-bond acceptors (Lipinski definition) is 4. The number of thioether (sulfide) groups is 1. The van der Waals surface area contributed by atoms with Crippen molar-refractivity contribution in [1.82, 2.24) is 16.0 Å². The standard InChI is InChI=1S/C22H27N3O3S/c26-20(8-4-3-7-19-21-18(14-29-19)24-22(27)25-21)23-11-12-28-17-10-9-15-5-1-2-6-16(15)13-17/h1-2,5-6,9-10,13,18-19,21H,3-4,7-8,11-12,14H2,(H,23,26)(H2,24,25,27). The Bertz CT molecular complexity index is 875. The van der Waals surface area contributed by atoms with E-state index in [0.29, 0.717) is 24.8 Å². The first kappa shape index (κ1) is 19.9. The lowest BCUT2D eigenvalue weighted by Crippen LogP contribution is -2.36. The fourth-order valence-corrected chi connectivity index (χ4v) is 5.52. The summed E-state index contributed by atoms with van der Waals surface area (Å²) in [6.45, 7) is 0.962. The number of fused-ring (bicyclic) bond motifs is 2. The van der Waals surface area contributed by atoms with Crippen LogP contribution in [0.15, 0.2) is 42.5 Å². The van der Waals surface area contributed by atoms with Crippen LogP contribution < -0.4 is 20.7 Å². The molecule has 4 rings (SSSR count). The Morgan fingerprint density at radius 2 is 2.00 bits per heavy atom. The molecule has 0 saturated carbocycles. The van der Waals surface area contributed by atoms with Crippen LogP contribution in [-0.4, -0.2) is 48.2 Å². The van der Waals surface area contributed by atoms with E-state index in [0.717, 1.165) is 36.2 Å². The molecule has 0 bridgehead atoms. The van der Waals surface area contributed by atoms with Crippen LogP contribution in [-0.2, 0) is 4.79 Å². The van der Waals surface area contributed by atoms with Crippen molar-refractivity contribution in [3.63, 3.8) is 0 Å². The number of rotatable bonds is 9. The highest BCUT2D eigenvalue weighted by Crippen LogP contribution is 2.33. The van der Waals surface area contributed by atoms with Gasteiger partial charge < -0.3 is 20.7 Å². The second kappa shape index (κ2) is 9.39. The van der Waals surface area contributed by atoms with Gasteiger partial charge in [0.25, 0.3) is 0 Å². The van der Waals surface area contributed by atoms with Crippen LogP contribution >= 0.6 is 11.8 Å². The maximum Gasteiger partial charge on any atom is 0.315 e. The first-order valence-electron chi connectivity index (χ1n) is 10.3. The molecule has 2 heterocycles. The highest BCUT2D eigenvalue weighted by molar-refractivity contribution is 8.00. The summed E-state index contributed by atoms with van der Waals surface area (Å²) in [5, 5.41) is 11.7. The molecule has 0 aliphatic carbocycles. The number of nitrogens with one attached hydrogen (secondary N) is 3.